The maximum absolute atomic E-state index is 12.1. The van der Waals surface area contributed by atoms with E-state index in [4.69, 9.17) is 9.72 Å². The molecule has 2 aromatic heterocycles. The van der Waals surface area contributed by atoms with Crippen molar-refractivity contribution in [3.05, 3.63) is 48.2 Å². The summed E-state index contributed by atoms with van der Waals surface area (Å²) >= 11 is 0. The first kappa shape index (κ1) is 20.5. The molecule has 0 radical (unpaired) electrons. The van der Waals surface area contributed by atoms with Gasteiger partial charge < -0.3 is 10.1 Å². The quantitative estimate of drug-likeness (QED) is 0.378. The van der Waals surface area contributed by atoms with E-state index >= 15 is 0 Å². The fraction of sp³-hybridized carbons (Fsp3) is 0.440. The standard InChI is InChI=1S/C25H31N3O2/c1-3-4-13-23(29)30-21-12-8-9-19(17-21)24-25(26-20-10-6-5-7-11-20)28-15-14-18(2)16-22(28)27-24/h8-9,12,14-17,20,26H,3-7,10-11,13H2,1-2H3. The molecular weight excluding hydrogens is 374 g/mol. The smallest absolute Gasteiger partial charge is 0.311 e. The molecule has 1 aromatic carbocycles. The molecule has 3 aromatic rings. The van der Waals surface area contributed by atoms with E-state index in [1.807, 2.05) is 24.3 Å². The van der Waals surface area contributed by atoms with Gasteiger partial charge in [0.25, 0.3) is 0 Å². The average Bonchev–Trinajstić information content (AvgIpc) is 3.10. The van der Waals surface area contributed by atoms with Gasteiger partial charge in [-0.05, 0) is 56.0 Å². The summed E-state index contributed by atoms with van der Waals surface area (Å²) < 4.78 is 7.70. The van der Waals surface area contributed by atoms with Crippen LogP contribution < -0.4 is 10.1 Å². The number of carbonyl (C=O) groups excluding carboxylic acids is 1. The van der Waals surface area contributed by atoms with E-state index in [0.717, 1.165) is 35.6 Å². The lowest BCUT2D eigenvalue weighted by atomic mass is 9.95. The molecule has 0 bridgehead atoms. The minimum absolute atomic E-state index is 0.180. The van der Waals surface area contributed by atoms with E-state index < -0.39 is 0 Å². The number of fused-ring (bicyclic) bond motifs is 1. The summed E-state index contributed by atoms with van der Waals surface area (Å²) in [6.45, 7) is 4.15. The number of nitrogens with zero attached hydrogens (tertiary/aromatic N) is 2. The van der Waals surface area contributed by atoms with Crippen molar-refractivity contribution in [2.24, 2.45) is 0 Å². The highest BCUT2D eigenvalue weighted by atomic mass is 16.5. The number of carbonyl (C=O) groups is 1. The lowest BCUT2D eigenvalue weighted by Gasteiger charge is -2.24. The van der Waals surface area contributed by atoms with Crippen molar-refractivity contribution in [3.63, 3.8) is 0 Å². The Kier molecular flexibility index (Phi) is 6.36. The highest BCUT2D eigenvalue weighted by Crippen LogP contribution is 2.33. The van der Waals surface area contributed by atoms with Gasteiger partial charge in [0, 0.05) is 24.2 Å². The molecule has 1 fully saturated rings. The van der Waals surface area contributed by atoms with E-state index in [-0.39, 0.29) is 5.97 Å². The molecule has 0 saturated heterocycles. The third kappa shape index (κ3) is 4.66. The fourth-order valence-corrected chi connectivity index (χ4v) is 4.14. The Labute approximate surface area is 178 Å². The van der Waals surface area contributed by atoms with Crippen LogP contribution in [0, 0.1) is 6.92 Å². The molecular formula is C25H31N3O2. The minimum Gasteiger partial charge on any atom is -0.427 e. The van der Waals surface area contributed by atoms with Gasteiger partial charge in [-0.15, -0.1) is 0 Å². The van der Waals surface area contributed by atoms with Crippen molar-refractivity contribution >= 4 is 17.4 Å². The van der Waals surface area contributed by atoms with Crippen molar-refractivity contribution in [3.8, 4) is 17.0 Å². The van der Waals surface area contributed by atoms with Gasteiger partial charge in [-0.3, -0.25) is 9.20 Å². The molecule has 1 saturated carbocycles. The van der Waals surface area contributed by atoms with Gasteiger partial charge in [-0.1, -0.05) is 44.7 Å². The maximum Gasteiger partial charge on any atom is 0.311 e. The molecule has 2 heterocycles. The Morgan fingerprint density at radius 2 is 2.03 bits per heavy atom. The Morgan fingerprint density at radius 3 is 2.83 bits per heavy atom. The van der Waals surface area contributed by atoms with Gasteiger partial charge in [-0.25, -0.2) is 4.98 Å². The molecule has 0 aliphatic heterocycles. The van der Waals surface area contributed by atoms with E-state index in [2.05, 4.69) is 41.9 Å². The monoisotopic (exact) mass is 405 g/mol. The van der Waals surface area contributed by atoms with Crippen molar-refractivity contribution < 1.29 is 9.53 Å². The third-order valence-electron chi connectivity index (χ3n) is 5.80. The number of imidazole rings is 1. The zero-order chi connectivity index (χ0) is 20.9. The molecule has 4 rings (SSSR count). The zero-order valence-corrected chi connectivity index (χ0v) is 18.0. The molecule has 0 spiro atoms. The van der Waals surface area contributed by atoms with Crippen LogP contribution in [0.1, 0.15) is 63.9 Å². The van der Waals surface area contributed by atoms with Crippen molar-refractivity contribution in [2.75, 3.05) is 5.32 Å². The number of esters is 1. The second-order valence-electron chi connectivity index (χ2n) is 8.33. The molecule has 0 unspecified atom stereocenters. The lowest BCUT2D eigenvalue weighted by Crippen LogP contribution is -2.23. The van der Waals surface area contributed by atoms with E-state index in [1.165, 1.54) is 37.7 Å². The van der Waals surface area contributed by atoms with Crippen LogP contribution in [0.4, 0.5) is 5.82 Å². The van der Waals surface area contributed by atoms with Crippen molar-refractivity contribution in [1.29, 1.82) is 0 Å². The van der Waals surface area contributed by atoms with Gasteiger partial charge in [0.15, 0.2) is 0 Å². The molecule has 1 aliphatic rings. The summed E-state index contributed by atoms with van der Waals surface area (Å²) in [6.07, 6.45) is 10.6. The number of aromatic nitrogens is 2. The number of aryl methyl sites for hydroxylation is 1. The number of rotatable bonds is 7. The Balaban J connectivity index is 1.68. The predicted molar refractivity (Wildman–Crippen MR) is 121 cm³/mol. The zero-order valence-electron chi connectivity index (χ0n) is 18.0. The summed E-state index contributed by atoms with van der Waals surface area (Å²) in [5.41, 5.74) is 3.96. The van der Waals surface area contributed by atoms with Crippen LogP contribution in [0.5, 0.6) is 5.75 Å². The van der Waals surface area contributed by atoms with E-state index in [1.54, 1.807) is 0 Å². The van der Waals surface area contributed by atoms with Crippen LogP contribution in [-0.2, 0) is 4.79 Å². The topological polar surface area (TPSA) is 55.6 Å². The van der Waals surface area contributed by atoms with Gasteiger partial charge in [0.2, 0.25) is 0 Å². The first-order valence-electron chi connectivity index (χ1n) is 11.2. The Morgan fingerprint density at radius 1 is 1.20 bits per heavy atom. The number of anilines is 1. The number of unbranched alkanes of at least 4 members (excludes halogenated alkanes) is 1. The molecule has 1 N–H and O–H groups in total. The van der Waals surface area contributed by atoms with Crippen molar-refractivity contribution in [1.82, 2.24) is 9.38 Å². The van der Waals surface area contributed by atoms with Crippen molar-refractivity contribution in [2.45, 2.75) is 71.3 Å². The largest absolute Gasteiger partial charge is 0.427 e. The van der Waals surface area contributed by atoms with E-state index in [9.17, 15) is 4.79 Å². The fourth-order valence-electron chi connectivity index (χ4n) is 4.14. The highest BCUT2D eigenvalue weighted by Gasteiger charge is 2.20. The van der Waals surface area contributed by atoms with Gasteiger partial charge >= 0.3 is 5.97 Å². The molecule has 158 valence electrons. The molecule has 5 nitrogen and oxygen atoms in total. The number of ether oxygens (including phenoxy) is 1. The highest BCUT2D eigenvalue weighted by molar-refractivity contribution is 5.78. The van der Waals surface area contributed by atoms with E-state index in [0.29, 0.717) is 18.2 Å². The SMILES string of the molecule is CCCCC(=O)Oc1cccc(-c2nc3cc(C)ccn3c2NC2CCCCC2)c1. The normalized spacial score (nSPS) is 14.7. The second-order valence-corrected chi connectivity index (χ2v) is 8.33. The number of hydrogen-bond donors (Lipinski definition) is 1. The van der Waals surface area contributed by atoms with Gasteiger partial charge in [-0.2, -0.15) is 0 Å². The van der Waals surface area contributed by atoms with Crippen LogP contribution in [0.15, 0.2) is 42.6 Å². The first-order chi connectivity index (χ1) is 14.6. The third-order valence-corrected chi connectivity index (χ3v) is 5.80. The summed E-state index contributed by atoms with van der Waals surface area (Å²) in [6, 6.07) is 12.4. The number of benzene rings is 1. The van der Waals surface area contributed by atoms with Crippen LogP contribution in [0.2, 0.25) is 0 Å². The van der Waals surface area contributed by atoms with Crippen LogP contribution in [0.3, 0.4) is 0 Å². The average molecular weight is 406 g/mol. The molecule has 0 atom stereocenters. The summed E-state index contributed by atoms with van der Waals surface area (Å²) in [4.78, 5) is 17.0. The predicted octanol–water partition coefficient (Wildman–Crippen LogP) is 6.15. The minimum atomic E-state index is -0.180. The summed E-state index contributed by atoms with van der Waals surface area (Å²) in [7, 11) is 0. The van der Waals surface area contributed by atoms with Gasteiger partial charge in [0.1, 0.15) is 22.9 Å². The Hall–Kier alpha value is -2.82. The van der Waals surface area contributed by atoms with Gasteiger partial charge in [0.05, 0.1) is 0 Å². The molecule has 30 heavy (non-hydrogen) atoms. The number of hydrogen-bond acceptors (Lipinski definition) is 4. The molecule has 1 aliphatic carbocycles. The Bertz CT molecular complexity index is 1020. The maximum atomic E-state index is 12.1. The molecule has 0 amide bonds. The van der Waals surface area contributed by atoms with Crippen LogP contribution >= 0.6 is 0 Å². The second kappa shape index (κ2) is 9.33. The number of pyridine rings is 1. The first-order valence-corrected chi connectivity index (χ1v) is 11.2. The summed E-state index contributed by atoms with van der Waals surface area (Å²) in [5.74, 6) is 1.41. The summed E-state index contributed by atoms with van der Waals surface area (Å²) in [5, 5.41) is 3.77. The van der Waals surface area contributed by atoms with Crippen LogP contribution in [-0.4, -0.2) is 21.4 Å². The molecule has 5 heteroatoms. The van der Waals surface area contributed by atoms with Crippen LogP contribution in [0.25, 0.3) is 16.9 Å². The number of nitrogens with one attached hydrogen (secondary N) is 1. The lowest BCUT2D eigenvalue weighted by molar-refractivity contribution is -0.134.